The van der Waals surface area contributed by atoms with Crippen molar-refractivity contribution in [1.82, 2.24) is 20.0 Å². The molecule has 4 aromatic rings. The van der Waals surface area contributed by atoms with E-state index in [2.05, 4.69) is 20.6 Å². The highest BCUT2D eigenvalue weighted by atomic mass is 35.5. The smallest absolute Gasteiger partial charge is 0.337 e. The number of carbonyl (C=O) groups is 2. The van der Waals surface area contributed by atoms with Crippen LogP contribution in [-0.4, -0.2) is 37.0 Å². The van der Waals surface area contributed by atoms with Crippen LogP contribution in [0.4, 0.5) is 5.69 Å². The molecule has 0 aliphatic heterocycles. The van der Waals surface area contributed by atoms with Crippen LogP contribution in [0, 0.1) is 6.92 Å². The Hall–Kier alpha value is -4.04. The summed E-state index contributed by atoms with van der Waals surface area (Å²) < 4.78 is 1.58. The summed E-state index contributed by atoms with van der Waals surface area (Å²) in [5, 5.41) is 20.9. The van der Waals surface area contributed by atoms with Gasteiger partial charge in [-0.15, -0.1) is 5.10 Å². The van der Waals surface area contributed by atoms with Crippen LogP contribution in [-0.2, 0) is 6.54 Å². The van der Waals surface area contributed by atoms with E-state index in [9.17, 15) is 9.59 Å². The van der Waals surface area contributed by atoms with Crippen LogP contribution in [0.25, 0.3) is 11.3 Å². The van der Waals surface area contributed by atoms with E-state index in [1.165, 1.54) is 18.5 Å². The number of aromatic carboxylic acids is 1. The molecule has 2 aromatic heterocycles. The maximum atomic E-state index is 13.0. The first-order valence-corrected chi connectivity index (χ1v) is 10.0. The number of aromatic nitrogens is 4. The minimum absolute atomic E-state index is 0.0652. The van der Waals surface area contributed by atoms with E-state index in [1.807, 2.05) is 19.1 Å². The summed E-state index contributed by atoms with van der Waals surface area (Å²) in [6.45, 7) is 2.15. The van der Waals surface area contributed by atoms with Crippen LogP contribution < -0.4 is 5.32 Å². The third-order valence-electron chi connectivity index (χ3n) is 4.93. The highest BCUT2D eigenvalue weighted by Gasteiger charge is 2.15. The summed E-state index contributed by atoms with van der Waals surface area (Å²) in [6, 6.07) is 14.0. The summed E-state index contributed by atoms with van der Waals surface area (Å²) in [5.74, 6) is -1.33. The van der Waals surface area contributed by atoms with Crippen molar-refractivity contribution < 1.29 is 14.7 Å². The molecule has 0 fully saturated rings. The predicted molar refractivity (Wildman–Crippen MR) is 120 cm³/mol. The quantitative estimate of drug-likeness (QED) is 0.456. The molecular formula is C23H18ClN5O3. The normalized spacial score (nSPS) is 10.7. The molecule has 2 heterocycles. The van der Waals surface area contributed by atoms with Crippen molar-refractivity contribution in [2.45, 2.75) is 13.5 Å². The zero-order valence-electron chi connectivity index (χ0n) is 17.0. The molecule has 9 heteroatoms. The topological polar surface area (TPSA) is 110 Å². The molecule has 0 saturated carbocycles. The summed E-state index contributed by atoms with van der Waals surface area (Å²) >= 11 is 6.15. The number of nitrogens with one attached hydrogen (secondary N) is 1. The molecule has 160 valence electrons. The molecule has 0 atom stereocenters. The number of hydrogen-bond donors (Lipinski definition) is 2. The summed E-state index contributed by atoms with van der Waals surface area (Å²) in [6.07, 6.45) is 4.47. The number of nitrogens with zero attached hydrogens (tertiary/aromatic N) is 4. The number of anilines is 1. The fourth-order valence-corrected chi connectivity index (χ4v) is 3.37. The van der Waals surface area contributed by atoms with Gasteiger partial charge < -0.3 is 10.4 Å². The second-order valence-electron chi connectivity index (χ2n) is 7.09. The van der Waals surface area contributed by atoms with Gasteiger partial charge in [-0.25, -0.2) is 9.48 Å². The molecule has 0 saturated heterocycles. The van der Waals surface area contributed by atoms with Crippen LogP contribution in [0.5, 0.6) is 0 Å². The van der Waals surface area contributed by atoms with Gasteiger partial charge in [0.15, 0.2) is 0 Å². The van der Waals surface area contributed by atoms with Crippen molar-refractivity contribution in [2.75, 3.05) is 5.32 Å². The number of pyridine rings is 1. The van der Waals surface area contributed by atoms with Crippen molar-refractivity contribution in [1.29, 1.82) is 0 Å². The zero-order valence-corrected chi connectivity index (χ0v) is 17.7. The van der Waals surface area contributed by atoms with Crippen molar-refractivity contribution in [2.24, 2.45) is 0 Å². The first-order chi connectivity index (χ1) is 15.4. The van der Waals surface area contributed by atoms with Crippen LogP contribution in [0.1, 0.15) is 31.8 Å². The van der Waals surface area contributed by atoms with Gasteiger partial charge in [0.05, 0.1) is 18.3 Å². The Morgan fingerprint density at radius 2 is 1.94 bits per heavy atom. The van der Waals surface area contributed by atoms with Crippen LogP contribution in [0.15, 0.2) is 67.1 Å². The molecule has 32 heavy (non-hydrogen) atoms. The Morgan fingerprint density at radius 1 is 1.12 bits per heavy atom. The highest BCUT2D eigenvalue weighted by Crippen LogP contribution is 2.24. The van der Waals surface area contributed by atoms with Gasteiger partial charge >= 0.3 is 5.97 Å². The Balaban J connectivity index is 1.56. The van der Waals surface area contributed by atoms with E-state index in [4.69, 9.17) is 16.7 Å². The number of benzene rings is 2. The Kier molecular flexibility index (Phi) is 5.96. The van der Waals surface area contributed by atoms with Crippen molar-refractivity contribution in [3.63, 3.8) is 0 Å². The molecule has 8 nitrogen and oxygen atoms in total. The number of amides is 1. The van der Waals surface area contributed by atoms with Gasteiger partial charge in [0.1, 0.15) is 5.69 Å². The Labute approximate surface area is 188 Å². The molecule has 0 aliphatic carbocycles. The number of carboxylic acid groups (broad SMARTS) is 1. The monoisotopic (exact) mass is 447 g/mol. The molecule has 0 aliphatic rings. The molecular weight excluding hydrogens is 430 g/mol. The predicted octanol–water partition coefficient (Wildman–Crippen LogP) is 4.30. The lowest BCUT2D eigenvalue weighted by atomic mass is 10.1. The Morgan fingerprint density at radius 3 is 2.75 bits per heavy atom. The summed E-state index contributed by atoms with van der Waals surface area (Å²) in [5.41, 5.74) is 3.77. The minimum Gasteiger partial charge on any atom is -0.478 e. The van der Waals surface area contributed by atoms with E-state index in [-0.39, 0.29) is 11.5 Å². The Bertz CT molecular complexity index is 1320. The fraction of sp³-hybridized carbons (Fsp3) is 0.0870. The van der Waals surface area contributed by atoms with Gasteiger partial charge in [-0.3, -0.25) is 9.78 Å². The maximum Gasteiger partial charge on any atom is 0.337 e. The first-order valence-electron chi connectivity index (χ1n) is 9.65. The number of hydrogen-bond acceptors (Lipinski definition) is 5. The number of rotatable bonds is 6. The zero-order chi connectivity index (χ0) is 22.7. The first kappa shape index (κ1) is 21.2. The maximum absolute atomic E-state index is 13.0. The molecule has 0 bridgehead atoms. The van der Waals surface area contributed by atoms with Crippen molar-refractivity contribution in [3.8, 4) is 11.3 Å². The SMILES string of the molecule is Cc1c(Cl)cccc1NC(=O)c1ccccc1Cn1cc(-c2cncc(C(=O)O)c2)nn1. The van der Waals surface area contributed by atoms with E-state index >= 15 is 0 Å². The third kappa shape index (κ3) is 4.50. The van der Waals surface area contributed by atoms with Gasteiger partial charge in [-0.2, -0.15) is 0 Å². The van der Waals surface area contributed by atoms with Gasteiger partial charge in [0.25, 0.3) is 5.91 Å². The standard InChI is InChI=1S/C23H18ClN5O3/c1-14-19(24)7-4-8-20(14)26-22(30)18-6-3-2-5-15(18)12-29-13-21(27-28-29)16-9-17(23(31)32)11-25-10-16/h2-11,13H,12H2,1H3,(H,26,30)(H,31,32). The second kappa shape index (κ2) is 8.99. The molecule has 1 amide bonds. The molecule has 0 spiro atoms. The van der Waals surface area contributed by atoms with Crippen molar-refractivity contribution >= 4 is 29.2 Å². The molecule has 2 N–H and O–H groups in total. The fourth-order valence-electron chi connectivity index (χ4n) is 3.19. The highest BCUT2D eigenvalue weighted by molar-refractivity contribution is 6.31. The lowest BCUT2D eigenvalue weighted by Gasteiger charge is -2.12. The average Bonchev–Trinajstić information content (AvgIpc) is 3.26. The van der Waals surface area contributed by atoms with E-state index < -0.39 is 5.97 Å². The van der Waals surface area contributed by atoms with Gasteiger partial charge in [-0.05, 0) is 42.3 Å². The van der Waals surface area contributed by atoms with Crippen LogP contribution in [0.2, 0.25) is 5.02 Å². The van der Waals surface area contributed by atoms with Gasteiger partial charge in [0.2, 0.25) is 0 Å². The van der Waals surface area contributed by atoms with Gasteiger partial charge in [-0.1, -0.05) is 41.1 Å². The lowest BCUT2D eigenvalue weighted by molar-refractivity contribution is 0.0696. The minimum atomic E-state index is -1.07. The number of carbonyl (C=O) groups excluding carboxylic acids is 1. The van der Waals surface area contributed by atoms with E-state index in [0.717, 1.165) is 11.1 Å². The lowest BCUT2D eigenvalue weighted by Crippen LogP contribution is -2.16. The second-order valence-corrected chi connectivity index (χ2v) is 7.50. The molecule has 0 radical (unpaired) electrons. The summed E-state index contributed by atoms with van der Waals surface area (Å²) in [4.78, 5) is 28.1. The van der Waals surface area contributed by atoms with Crippen LogP contribution in [0.3, 0.4) is 0 Å². The van der Waals surface area contributed by atoms with Crippen molar-refractivity contribution in [3.05, 3.63) is 94.4 Å². The third-order valence-corrected chi connectivity index (χ3v) is 5.34. The van der Waals surface area contributed by atoms with Crippen LogP contribution >= 0.6 is 11.6 Å². The molecule has 4 rings (SSSR count). The van der Waals surface area contributed by atoms with E-state index in [0.29, 0.717) is 34.1 Å². The van der Waals surface area contributed by atoms with E-state index in [1.54, 1.807) is 41.2 Å². The number of carboxylic acids is 1. The largest absolute Gasteiger partial charge is 0.478 e. The molecule has 0 unspecified atom stereocenters. The number of halogens is 1. The van der Waals surface area contributed by atoms with Gasteiger partial charge in [0, 0.05) is 34.2 Å². The summed E-state index contributed by atoms with van der Waals surface area (Å²) in [7, 11) is 0. The molecule has 2 aromatic carbocycles. The average molecular weight is 448 g/mol.